The van der Waals surface area contributed by atoms with Crippen molar-refractivity contribution in [3.63, 3.8) is 0 Å². The van der Waals surface area contributed by atoms with E-state index in [1.165, 1.54) is 30.5 Å². The number of nitrogens with one attached hydrogen (secondary N) is 1. The summed E-state index contributed by atoms with van der Waals surface area (Å²) in [6.45, 7) is 2.31. The maximum atomic E-state index is 12.9. The van der Waals surface area contributed by atoms with Gasteiger partial charge in [-0.05, 0) is 43.3 Å². The van der Waals surface area contributed by atoms with E-state index >= 15 is 0 Å². The fourth-order valence-electron chi connectivity index (χ4n) is 2.28. The zero-order valence-corrected chi connectivity index (χ0v) is 14.1. The van der Waals surface area contributed by atoms with Crippen molar-refractivity contribution in [3.05, 3.63) is 78.0 Å². The van der Waals surface area contributed by atoms with Gasteiger partial charge >= 0.3 is 6.03 Å². The molecule has 0 aliphatic rings. The van der Waals surface area contributed by atoms with Gasteiger partial charge in [0.15, 0.2) is 0 Å². The highest BCUT2D eigenvalue weighted by Crippen LogP contribution is 2.14. The summed E-state index contributed by atoms with van der Waals surface area (Å²) in [4.78, 5) is 16.0. The summed E-state index contributed by atoms with van der Waals surface area (Å²) >= 11 is 0. The molecule has 1 heterocycles. The number of carbonyl (C=O) groups excluding carboxylic acids is 1. The lowest BCUT2D eigenvalue weighted by molar-refractivity contribution is 0.259. The molecule has 0 unspecified atom stereocenters. The van der Waals surface area contributed by atoms with Crippen molar-refractivity contribution in [2.24, 2.45) is 4.99 Å². The molecule has 0 spiro atoms. The van der Waals surface area contributed by atoms with Crippen LogP contribution in [0.4, 0.5) is 14.9 Å². The van der Waals surface area contributed by atoms with E-state index in [0.717, 1.165) is 5.69 Å². The van der Waals surface area contributed by atoms with E-state index in [2.05, 4.69) is 15.4 Å². The summed E-state index contributed by atoms with van der Waals surface area (Å²) in [5.74, 6) is 0.0913. The summed E-state index contributed by atoms with van der Waals surface area (Å²) in [5.41, 5.74) is 1.28. The van der Waals surface area contributed by atoms with E-state index in [-0.39, 0.29) is 5.82 Å². The molecular formula is C19H17FN4O2. The number of aromatic nitrogens is 2. The van der Waals surface area contributed by atoms with Gasteiger partial charge in [0, 0.05) is 11.8 Å². The number of ether oxygens (including phenoxy) is 1. The van der Waals surface area contributed by atoms with Gasteiger partial charge in [-0.15, -0.1) is 0 Å². The van der Waals surface area contributed by atoms with Gasteiger partial charge in [-0.3, -0.25) is 0 Å². The topological polar surface area (TPSA) is 68.5 Å². The van der Waals surface area contributed by atoms with Crippen molar-refractivity contribution in [2.45, 2.75) is 6.92 Å². The number of anilines is 1. The highest BCUT2D eigenvalue weighted by Gasteiger charge is 2.06. The third-order valence-corrected chi connectivity index (χ3v) is 3.40. The minimum absolute atomic E-state index is 0.347. The first-order valence-electron chi connectivity index (χ1n) is 8.04. The van der Waals surface area contributed by atoms with Crippen LogP contribution >= 0.6 is 0 Å². The Kier molecular flexibility index (Phi) is 5.38. The number of hydrogen-bond acceptors (Lipinski definition) is 3. The monoisotopic (exact) mass is 352 g/mol. The zero-order chi connectivity index (χ0) is 18.4. The van der Waals surface area contributed by atoms with Gasteiger partial charge in [0.2, 0.25) is 5.88 Å². The SMILES string of the molecule is CCOc1c/c(=N\C(=O)Nc2ccc(F)cc2)cnn1-c1ccccc1. The Morgan fingerprint density at radius 1 is 1.19 bits per heavy atom. The normalized spacial score (nSPS) is 11.2. The molecule has 0 atom stereocenters. The molecule has 3 rings (SSSR count). The average molecular weight is 352 g/mol. The van der Waals surface area contributed by atoms with Crippen LogP contribution < -0.4 is 15.4 Å². The smallest absolute Gasteiger partial charge is 0.345 e. The van der Waals surface area contributed by atoms with Gasteiger partial charge in [0.25, 0.3) is 0 Å². The number of urea groups is 1. The molecule has 2 amide bonds. The molecule has 26 heavy (non-hydrogen) atoms. The molecule has 0 bridgehead atoms. The van der Waals surface area contributed by atoms with Crippen molar-refractivity contribution in [1.29, 1.82) is 0 Å². The van der Waals surface area contributed by atoms with E-state index in [4.69, 9.17) is 4.74 Å². The van der Waals surface area contributed by atoms with Crippen LogP contribution in [0.3, 0.4) is 0 Å². The van der Waals surface area contributed by atoms with E-state index in [9.17, 15) is 9.18 Å². The van der Waals surface area contributed by atoms with Crippen LogP contribution in [0.2, 0.25) is 0 Å². The van der Waals surface area contributed by atoms with Crippen molar-refractivity contribution in [3.8, 4) is 11.6 Å². The van der Waals surface area contributed by atoms with Gasteiger partial charge < -0.3 is 10.1 Å². The van der Waals surface area contributed by atoms with Crippen molar-refractivity contribution in [1.82, 2.24) is 9.78 Å². The summed E-state index contributed by atoms with van der Waals surface area (Å²) in [7, 11) is 0. The number of halogens is 1. The fraction of sp³-hybridized carbons (Fsp3) is 0.105. The lowest BCUT2D eigenvalue weighted by Gasteiger charge is -2.11. The van der Waals surface area contributed by atoms with Gasteiger partial charge in [0.1, 0.15) is 5.82 Å². The molecule has 2 aromatic carbocycles. The standard InChI is InChI=1S/C19H17FN4O2/c1-2-26-18-12-16(13-21-24(18)17-6-4-3-5-7-17)23-19(25)22-15-10-8-14(20)9-11-15/h3-13H,2H2,1H3,(H,22,25)/b23-16+. The maximum absolute atomic E-state index is 12.9. The molecule has 0 aliphatic heterocycles. The van der Waals surface area contributed by atoms with Gasteiger partial charge in [-0.2, -0.15) is 10.1 Å². The average Bonchev–Trinajstić information content (AvgIpc) is 2.65. The molecular weight excluding hydrogens is 335 g/mol. The Morgan fingerprint density at radius 2 is 1.92 bits per heavy atom. The minimum atomic E-state index is -0.585. The summed E-state index contributed by atoms with van der Waals surface area (Å²) < 4.78 is 20.1. The quantitative estimate of drug-likeness (QED) is 0.781. The van der Waals surface area contributed by atoms with E-state index in [1.807, 2.05) is 37.3 Å². The molecule has 0 aliphatic carbocycles. The highest BCUT2D eigenvalue weighted by molar-refractivity contribution is 5.89. The van der Waals surface area contributed by atoms with E-state index < -0.39 is 6.03 Å². The lowest BCUT2D eigenvalue weighted by Crippen LogP contribution is -2.17. The number of rotatable bonds is 4. The molecule has 132 valence electrons. The second kappa shape index (κ2) is 8.06. The number of carbonyl (C=O) groups is 1. The Labute approximate surface area is 149 Å². The molecule has 1 N–H and O–H groups in total. The van der Waals surface area contributed by atoms with Gasteiger partial charge in [0.05, 0.1) is 23.8 Å². The predicted octanol–water partition coefficient (Wildman–Crippen LogP) is 3.54. The first-order chi connectivity index (χ1) is 12.7. The van der Waals surface area contributed by atoms with E-state index in [0.29, 0.717) is 23.5 Å². The van der Waals surface area contributed by atoms with Crippen molar-refractivity contribution >= 4 is 11.7 Å². The molecule has 1 aromatic heterocycles. The Hall–Kier alpha value is -3.48. The zero-order valence-electron chi connectivity index (χ0n) is 14.1. The highest BCUT2D eigenvalue weighted by atomic mass is 19.1. The van der Waals surface area contributed by atoms with Crippen LogP contribution in [0.1, 0.15) is 6.92 Å². The first-order valence-corrected chi connectivity index (χ1v) is 8.04. The molecule has 0 saturated heterocycles. The van der Waals surface area contributed by atoms with Crippen LogP contribution in [-0.4, -0.2) is 22.4 Å². The molecule has 0 fully saturated rings. The third kappa shape index (κ3) is 4.32. The third-order valence-electron chi connectivity index (χ3n) is 3.40. The Bertz CT molecular complexity index is 953. The van der Waals surface area contributed by atoms with Crippen molar-refractivity contribution in [2.75, 3.05) is 11.9 Å². The Balaban J connectivity index is 1.87. The predicted molar refractivity (Wildman–Crippen MR) is 95.7 cm³/mol. The summed E-state index contributed by atoms with van der Waals surface area (Å²) in [6, 6.07) is 16.0. The van der Waals surface area contributed by atoms with Crippen molar-refractivity contribution < 1.29 is 13.9 Å². The largest absolute Gasteiger partial charge is 0.478 e. The minimum Gasteiger partial charge on any atom is -0.478 e. The summed E-state index contributed by atoms with van der Waals surface area (Å²) in [6.07, 6.45) is 1.47. The van der Waals surface area contributed by atoms with Crippen LogP contribution in [-0.2, 0) is 0 Å². The number of para-hydroxylation sites is 1. The number of benzene rings is 2. The lowest BCUT2D eigenvalue weighted by atomic mass is 10.3. The Morgan fingerprint density at radius 3 is 2.62 bits per heavy atom. The van der Waals surface area contributed by atoms with Crippen LogP contribution in [0.5, 0.6) is 5.88 Å². The number of nitrogens with zero attached hydrogens (tertiary/aromatic N) is 3. The van der Waals surface area contributed by atoms with Crippen LogP contribution in [0.25, 0.3) is 5.69 Å². The molecule has 0 saturated carbocycles. The second-order valence-electron chi connectivity index (χ2n) is 5.28. The second-order valence-corrected chi connectivity index (χ2v) is 5.28. The number of hydrogen-bond donors (Lipinski definition) is 1. The molecule has 6 nitrogen and oxygen atoms in total. The molecule has 0 radical (unpaired) electrons. The molecule has 7 heteroatoms. The first kappa shape index (κ1) is 17.3. The molecule has 3 aromatic rings. The van der Waals surface area contributed by atoms with Crippen LogP contribution in [0.15, 0.2) is 71.9 Å². The maximum Gasteiger partial charge on any atom is 0.345 e. The number of amides is 2. The van der Waals surface area contributed by atoms with Gasteiger partial charge in [-0.1, -0.05) is 18.2 Å². The van der Waals surface area contributed by atoms with E-state index in [1.54, 1.807) is 10.7 Å². The fourth-order valence-corrected chi connectivity index (χ4v) is 2.28. The summed E-state index contributed by atoms with van der Waals surface area (Å²) in [5, 5.41) is 7.22. The van der Waals surface area contributed by atoms with Gasteiger partial charge in [-0.25, -0.2) is 13.9 Å². The van der Waals surface area contributed by atoms with Crippen LogP contribution in [0, 0.1) is 5.82 Å².